The lowest BCUT2D eigenvalue weighted by Gasteiger charge is -2.10. The van der Waals surface area contributed by atoms with Crippen molar-refractivity contribution >= 4 is 0 Å². The summed E-state index contributed by atoms with van der Waals surface area (Å²) in [4.78, 5) is 4.25. The molecule has 0 amide bonds. The Morgan fingerprint density at radius 1 is 1.46 bits per heavy atom. The molecule has 0 radical (unpaired) electrons. The minimum atomic E-state index is 0.187. The lowest BCUT2D eigenvalue weighted by Crippen LogP contribution is -2.08. The summed E-state index contributed by atoms with van der Waals surface area (Å²) in [6, 6.07) is 3.80. The number of nitrogens with two attached hydrogens (primary N) is 1. The molecule has 0 saturated heterocycles. The average molecular weight is 180 g/mol. The first-order valence-corrected chi connectivity index (χ1v) is 4.46. The summed E-state index contributed by atoms with van der Waals surface area (Å²) in [6.45, 7) is 6.39. The number of pyridine rings is 1. The first-order valence-electron chi connectivity index (χ1n) is 4.46. The summed E-state index contributed by atoms with van der Waals surface area (Å²) >= 11 is 0. The zero-order valence-corrected chi connectivity index (χ0v) is 8.37. The van der Waals surface area contributed by atoms with Crippen molar-refractivity contribution in [1.82, 2.24) is 4.98 Å². The SMILES string of the molecule is Cc1cc(OC(C)C)cc(CN)n1. The number of nitrogens with zero attached hydrogens (tertiary/aromatic N) is 1. The van der Waals surface area contributed by atoms with Gasteiger partial charge in [0.2, 0.25) is 0 Å². The topological polar surface area (TPSA) is 48.1 Å². The molecule has 13 heavy (non-hydrogen) atoms. The van der Waals surface area contributed by atoms with Crippen molar-refractivity contribution in [1.29, 1.82) is 0 Å². The van der Waals surface area contributed by atoms with Crippen molar-refractivity contribution in [2.24, 2.45) is 5.73 Å². The van der Waals surface area contributed by atoms with E-state index in [-0.39, 0.29) is 6.10 Å². The molecular weight excluding hydrogens is 164 g/mol. The van der Waals surface area contributed by atoms with E-state index < -0.39 is 0 Å². The third-order valence-electron chi connectivity index (χ3n) is 1.56. The molecule has 1 aromatic rings. The molecule has 0 aliphatic heterocycles. The molecule has 0 fully saturated rings. The third-order valence-corrected chi connectivity index (χ3v) is 1.56. The van der Waals surface area contributed by atoms with Crippen LogP contribution in [0.3, 0.4) is 0 Å². The fraction of sp³-hybridized carbons (Fsp3) is 0.500. The molecule has 72 valence electrons. The van der Waals surface area contributed by atoms with Gasteiger partial charge >= 0.3 is 0 Å². The second kappa shape index (κ2) is 4.23. The van der Waals surface area contributed by atoms with Crippen LogP contribution in [0, 0.1) is 6.92 Å². The smallest absolute Gasteiger partial charge is 0.123 e. The van der Waals surface area contributed by atoms with Crippen LogP contribution in [0.25, 0.3) is 0 Å². The minimum absolute atomic E-state index is 0.187. The molecular formula is C10H16N2O. The first kappa shape index (κ1) is 9.99. The summed E-state index contributed by atoms with van der Waals surface area (Å²) in [5.41, 5.74) is 7.31. The molecule has 0 atom stereocenters. The van der Waals surface area contributed by atoms with Crippen molar-refractivity contribution in [3.8, 4) is 5.75 Å². The predicted molar refractivity (Wildman–Crippen MR) is 52.6 cm³/mol. The fourth-order valence-electron chi connectivity index (χ4n) is 1.15. The summed E-state index contributed by atoms with van der Waals surface area (Å²) in [7, 11) is 0. The summed E-state index contributed by atoms with van der Waals surface area (Å²) < 4.78 is 5.54. The van der Waals surface area contributed by atoms with Gasteiger partial charge in [-0.1, -0.05) is 0 Å². The Morgan fingerprint density at radius 3 is 2.69 bits per heavy atom. The highest BCUT2D eigenvalue weighted by atomic mass is 16.5. The zero-order chi connectivity index (χ0) is 9.84. The highest BCUT2D eigenvalue weighted by Crippen LogP contribution is 2.15. The van der Waals surface area contributed by atoms with Gasteiger partial charge in [0.05, 0.1) is 11.8 Å². The molecule has 1 heterocycles. The monoisotopic (exact) mass is 180 g/mol. The van der Waals surface area contributed by atoms with Crippen molar-refractivity contribution in [3.05, 3.63) is 23.5 Å². The van der Waals surface area contributed by atoms with E-state index in [4.69, 9.17) is 10.5 Å². The highest BCUT2D eigenvalue weighted by molar-refractivity contribution is 5.26. The van der Waals surface area contributed by atoms with E-state index in [0.29, 0.717) is 6.54 Å². The quantitative estimate of drug-likeness (QED) is 0.769. The second-order valence-corrected chi connectivity index (χ2v) is 3.31. The Bertz CT molecular complexity index is 284. The Morgan fingerprint density at radius 2 is 2.15 bits per heavy atom. The summed E-state index contributed by atoms with van der Waals surface area (Å²) in [6.07, 6.45) is 0.187. The van der Waals surface area contributed by atoms with Crippen LogP contribution in [0.15, 0.2) is 12.1 Å². The van der Waals surface area contributed by atoms with E-state index in [1.165, 1.54) is 0 Å². The van der Waals surface area contributed by atoms with E-state index in [9.17, 15) is 0 Å². The van der Waals surface area contributed by atoms with E-state index in [2.05, 4.69) is 4.98 Å². The zero-order valence-electron chi connectivity index (χ0n) is 8.37. The Hall–Kier alpha value is -1.09. The standard InChI is InChI=1S/C10H16N2O/c1-7(2)13-10-4-8(3)12-9(5-10)6-11/h4-5,7H,6,11H2,1-3H3. The first-order chi connectivity index (χ1) is 6.11. The molecule has 0 saturated carbocycles. The fourth-order valence-corrected chi connectivity index (χ4v) is 1.15. The maximum atomic E-state index is 5.54. The van der Waals surface area contributed by atoms with E-state index >= 15 is 0 Å². The van der Waals surface area contributed by atoms with Gasteiger partial charge in [-0.15, -0.1) is 0 Å². The molecule has 0 aliphatic rings. The third kappa shape index (κ3) is 3.03. The van der Waals surface area contributed by atoms with Gasteiger partial charge in [0.25, 0.3) is 0 Å². The Balaban J connectivity index is 2.88. The van der Waals surface area contributed by atoms with Crippen LogP contribution in [0.1, 0.15) is 25.2 Å². The second-order valence-electron chi connectivity index (χ2n) is 3.31. The van der Waals surface area contributed by atoms with Crippen LogP contribution in [0.2, 0.25) is 0 Å². The molecule has 0 unspecified atom stereocenters. The van der Waals surface area contributed by atoms with Crippen LogP contribution in [0.4, 0.5) is 0 Å². The molecule has 3 nitrogen and oxygen atoms in total. The van der Waals surface area contributed by atoms with Crippen molar-refractivity contribution in [2.45, 2.75) is 33.4 Å². The number of ether oxygens (including phenoxy) is 1. The highest BCUT2D eigenvalue weighted by Gasteiger charge is 2.01. The van der Waals surface area contributed by atoms with Crippen LogP contribution in [-0.4, -0.2) is 11.1 Å². The Labute approximate surface area is 78.9 Å². The van der Waals surface area contributed by atoms with Gasteiger partial charge in [-0.05, 0) is 20.8 Å². The van der Waals surface area contributed by atoms with E-state index in [0.717, 1.165) is 17.1 Å². The van der Waals surface area contributed by atoms with Gasteiger partial charge < -0.3 is 10.5 Å². The number of hydrogen-bond donors (Lipinski definition) is 1. The van der Waals surface area contributed by atoms with Gasteiger partial charge in [-0.2, -0.15) is 0 Å². The molecule has 3 heteroatoms. The normalized spacial score (nSPS) is 10.5. The van der Waals surface area contributed by atoms with Crippen molar-refractivity contribution in [2.75, 3.05) is 0 Å². The van der Waals surface area contributed by atoms with E-state index in [1.807, 2.05) is 32.9 Å². The minimum Gasteiger partial charge on any atom is -0.491 e. The molecule has 0 aliphatic carbocycles. The number of aryl methyl sites for hydroxylation is 1. The van der Waals surface area contributed by atoms with Gasteiger partial charge in [0.1, 0.15) is 5.75 Å². The molecule has 0 bridgehead atoms. The number of aromatic nitrogens is 1. The maximum absolute atomic E-state index is 5.54. The number of rotatable bonds is 3. The molecule has 1 rings (SSSR count). The largest absolute Gasteiger partial charge is 0.491 e. The summed E-state index contributed by atoms with van der Waals surface area (Å²) in [5.74, 6) is 0.850. The Kier molecular flexibility index (Phi) is 3.25. The van der Waals surface area contributed by atoms with Gasteiger partial charge in [0.15, 0.2) is 0 Å². The maximum Gasteiger partial charge on any atom is 0.123 e. The molecule has 1 aromatic heterocycles. The lowest BCUT2D eigenvalue weighted by molar-refractivity contribution is 0.241. The van der Waals surface area contributed by atoms with Gasteiger partial charge in [-0.25, -0.2) is 0 Å². The van der Waals surface area contributed by atoms with E-state index in [1.54, 1.807) is 0 Å². The van der Waals surface area contributed by atoms with Gasteiger partial charge in [-0.3, -0.25) is 4.98 Å². The van der Waals surface area contributed by atoms with Crippen LogP contribution in [-0.2, 0) is 6.54 Å². The lowest BCUT2D eigenvalue weighted by atomic mass is 10.3. The summed E-state index contributed by atoms with van der Waals surface area (Å²) in [5, 5.41) is 0. The van der Waals surface area contributed by atoms with Crippen molar-refractivity contribution < 1.29 is 4.74 Å². The molecule has 2 N–H and O–H groups in total. The van der Waals surface area contributed by atoms with Crippen LogP contribution in [0.5, 0.6) is 5.75 Å². The molecule has 0 spiro atoms. The van der Waals surface area contributed by atoms with Crippen molar-refractivity contribution in [3.63, 3.8) is 0 Å². The average Bonchev–Trinajstić information content (AvgIpc) is 2.01. The molecule has 0 aromatic carbocycles. The predicted octanol–water partition coefficient (Wildman–Crippen LogP) is 1.64. The number of hydrogen-bond acceptors (Lipinski definition) is 3. The van der Waals surface area contributed by atoms with Gasteiger partial charge in [0, 0.05) is 24.4 Å². The van der Waals surface area contributed by atoms with Crippen LogP contribution >= 0.6 is 0 Å². The van der Waals surface area contributed by atoms with Crippen LogP contribution < -0.4 is 10.5 Å².